The van der Waals surface area contributed by atoms with Crippen molar-refractivity contribution in [2.75, 3.05) is 31.2 Å². The van der Waals surface area contributed by atoms with Gasteiger partial charge in [-0.3, -0.25) is 4.79 Å². The first-order chi connectivity index (χ1) is 7.70. The van der Waals surface area contributed by atoms with Crippen LogP contribution in [0, 0.1) is 0 Å². The Morgan fingerprint density at radius 2 is 2.44 bits per heavy atom. The Bertz CT molecular complexity index is 200. The first-order valence-electron chi connectivity index (χ1n) is 5.43. The van der Waals surface area contributed by atoms with Gasteiger partial charge in [0.1, 0.15) is 0 Å². The summed E-state index contributed by atoms with van der Waals surface area (Å²) in [5, 5.41) is 12.5. The molecule has 0 aliphatic heterocycles. The molecule has 0 aromatic heterocycles. The van der Waals surface area contributed by atoms with Crippen LogP contribution in [0.1, 0.15) is 13.3 Å². The van der Waals surface area contributed by atoms with E-state index in [-0.39, 0.29) is 12.4 Å². The van der Waals surface area contributed by atoms with Gasteiger partial charge in [0.25, 0.3) is 0 Å². The molecule has 0 heterocycles. The van der Waals surface area contributed by atoms with Gasteiger partial charge in [0.2, 0.25) is 0 Å². The van der Waals surface area contributed by atoms with Gasteiger partial charge < -0.3 is 15.2 Å². The lowest BCUT2D eigenvalue weighted by Gasteiger charge is -2.10. The van der Waals surface area contributed by atoms with E-state index in [1.165, 1.54) is 0 Å². The molecule has 0 saturated carbocycles. The molecule has 0 bridgehead atoms. The third-order valence-electron chi connectivity index (χ3n) is 1.75. The molecule has 0 saturated heterocycles. The standard InChI is InChI=1S/C11H21NO3S/c1-3-6-16-7-5-12-9-10(13)8-11(14)15-4-2/h3,10,12-13H,1,4-9H2,2H3. The van der Waals surface area contributed by atoms with Gasteiger partial charge in [-0.15, -0.1) is 6.58 Å². The second-order valence-corrected chi connectivity index (χ2v) is 4.38. The Kier molecular flexibility index (Phi) is 10.6. The number of hydrogen-bond donors (Lipinski definition) is 2. The molecule has 1 atom stereocenters. The van der Waals surface area contributed by atoms with Crippen LogP contribution in [0.4, 0.5) is 0 Å². The second kappa shape index (κ2) is 11.0. The summed E-state index contributed by atoms with van der Waals surface area (Å²) in [6.07, 6.45) is 1.25. The highest BCUT2D eigenvalue weighted by molar-refractivity contribution is 7.99. The molecular weight excluding hydrogens is 226 g/mol. The number of rotatable bonds is 10. The Morgan fingerprint density at radius 1 is 1.69 bits per heavy atom. The van der Waals surface area contributed by atoms with Gasteiger partial charge in [0.05, 0.1) is 19.1 Å². The molecule has 0 spiro atoms. The zero-order chi connectivity index (χ0) is 12.2. The van der Waals surface area contributed by atoms with Crippen molar-refractivity contribution in [2.24, 2.45) is 0 Å². The number of carbonyl (C=O) groups excluding carboxylic acids is 1. The number of carbonyl (C=O) groups is 1. The van der Waals surface area contributed by atoms with E-state index in [1.807, 2.05) is 6.08 Å². The average Bonchev–Trinajstić information content (AvgIpc) is 2.23. The summed E-state index contributed by atoms with van der Waals surface area (Å²) >= 11 is 1.77. The van der Waals surface area contributed by atoms with Crippen molar-refractivity contribution in [3.8, 4) is 0 Å². The van der Waals surface area contributed by atoms with Crippen LogP contribution in [0.3, 0.4) is 0 Å². The molecule has 0 amide bonds. The molecule has 5 heteroatoms. The number of nitrogens with one attached hydrogen (secondary N) is 1. The number of esters is 1. The summed E-state index contributed by atoms with van der Waals surface area (Å²) in [6.45, 7) is 6.97. The fourth-order valence-electron chi connectivity index (χ4n) is 1.06. The van der Waals surface area contributed by atoms with Crippen LogP contribution in [0.15, 0.2) is 12.7 Å². The van der Waals surface area contributed by atoms with E-state index in [2.05, 4.69) is 11.9 Å². The molecule has 16 heavy (non-hydrogen) atoms. The Balaban J connectivity index is 3.32. The van der Waals surface area contributed by atoms with Crippen molar-refractivity contribution in [3.63, 3.8) is 0 Å². The summed E-state index contributed by atoms with van der Waals surface area (Å²) in [4.78, 5) is 11.0. The molecule has 2 N–H and O–H groups in total. The number of thioether (sulfide) groups is 1. The van der Waals surface area contributed by atoms with Crippen LogP contribution in [0.25, 0.3) is 0 Å². The monoisotopic (exact) mass is 247 g/mol. The van der Waals surface area contributed by atoms with E-state index in [1.54, 1.807) is 18.7 Å². The summed E-state index contributed by atoms with van der Waals surface area (Å²) in [7, 11) is 0. The van der Waals surface area contributed by atoms with Gasteiger partial charge in [-0.25, -0.2) is 0 Å². The molecule has 0 aliphatic rings. The highest BCUT2D eigenvalue weighted by Crippen LogP contribution is 1.98. The van der Waals surface area contributed by atoms with E-state index >= 15 is 0 Å². The summed E-state index contributed by atoms with van der Waals surface area (Å²) < 4.78 is 4.73. The molecule has 0 rings (SSSR count). The first kappa shape index (κ1) is 15.5. The summed E-state index contributed by atoms with van der Waals surface area (Å²) in [5.74, 6) is 1.56. The smallest absolute Gasteiger partial charge is 0.308 e. The maximum absolute atomic E-state index is 11.0. The minimum Gasteiger partial charge on any atom is -0.466 e. The van der Waals surface area contributed by atoms with Crippen molar-refractivity contribution in [1.82, 2.24) is 5.32 Å². The molecule has 0 aromatic carbocycles. The maximum Gasteiger partial charge on any atom is 0.308 e. The van der Waals surface area contributed by atoms with Gasteiger partial charge in [-0.1, -0.05) is 6.08 Å². The maximum atomic E-state index is 11.0. The molecule has 0 aromatic rings. The normalized spacial score (nSPS) is 12.1. The zero-order valence-electron chi connectivity index (χ0n) is 9.78. The van der Waals surface area contributed by atoms with Crippen molar-refractivity contribution < 1.29 is 14.6 Å². The van der Waals surface area contributed by atoms with Gasteiger partial charge in [0, 0.05) is 24.6 Å². The van der Waals surface area contributed by atoms with Crippen LogP contribution in [0.2, 0.25) is 0 Å². The lowest BCUT2D eigenvalue weighted by Crippen LogP contribution is -2.30. The predicted octanol–water partition coefficient (Wildman–Crippen LogP) is 0.809. The Hall–Kier alpha value is -0.520. The predicted molar refractivity (Wildman–Crippen MR) is 67.6 cm³/mol. The summed E-state index contributed by atoms with van der Waals surface area (Å²) in [6, 6.07) is 0. The highest BCUT2D eigenvalue weighted by atomic mass is 32.2. The molecule has 0 fully saturated rings. The molecular formula is C11H21NO3S. The molecule has 94 valence electrons. The largest absolute Gasteiger partial charge is 0.466 e. The zero-order valence-corrected chi connectivity index (χ0v) is 10.6. The second-order valence-electron chi connectivity index (χ2n) is 3.23. The number of aliphatic hydroxyl groups excluding tert-OH is 1. The van der Waals surface area contributed by atoms with E-state index in [0.717, 1.165) is 18.1 Å². The van der Waals surface area contributed by atoms with Crippen LogP contribution in [-0.2, 0) is 9.53 Å². The van der Waals surface area contributed by atoms with Gasteiger partial charge in [-0.05, 0) is 6.92 Å². The summed E-state index contributed by atoms with van der Waals surface area (Å²) in [5.41, 5.74) is 0. The van der Waals surface area contributed by atoms with Crippen molar-refractivity contribution in [3.05, 3.63) is 12.7 Å². The van der Waals surface area contributed by atoms with E-state index in [9.17, 15) is 9.90 Å². The van der Waals surface area contributed by atoms with Gasteiger partial charge in [0.15, 0.2) is 0 Å². The number of ether oxygens (including phenoxy) is 1. The van der Waals surface area contributed by atoms with Gasteiger partial charge in [-0.2, -0.15) is 11.8 Å². The van der Waals surface area contributed by atoms with E-state index < -0.39 is 6.10 Å². The fraction of sp³-hybridized carbons (Fsp3) is 0.727. The van der Waals surface area contributed by atoms with E-state index in [0.29, 0.717) is 13.2 Å². The quantitative estimate of drug-likeness (QED) is 0.340. The van der Waals surface area contributed by atoms with Crippen molar-refractivity contribution >= 4 is 17.7 Å². The minimum absolute atomic E-state index is 0.0562. The van der Waals surface area contributed by atoms with Crippen molar-refractivity contribution in [2.45, 2.75) is 19.4 Å². The first-order valence-corrected chi connectivity index (χ1v) is 6.59. The molecule has 0 aliphatic carbocycles. The minimum atomic E-state index is -0.663. The fourth-order valence-corrected chi connectivity index (χ4v) is 1.69. The number of hydrogen-bond acceptors (Lipinski definition) is 5. The van der Waals surface area contributed by atoms with E-state index in [4.69, 9.17) is 4.74 Å². The third-order valence-corrected chi connectivity index (χ3v) is 2.71. The van der Waals surface area contributed by atoms with Gasteiger partial charge >= 0.3 is 5.97 Å². The lowest BCUT2D eigenvalue weighted by atomic mass is 10.2. The Morgan fingerprint density at radius 3 is 3.06 bits per heavy atom. The average molecular weight is 247 g/mol. The molecule has 0 radical (unpaired) electrons. The lowest BCUT2D eigenvalue weighted by molar-refractivity contribution is -0.145. The van der Waals surface area contributed by atoms with Crippen LogP contribution >= 0.6 is 11.8 Å². The molecule has 1 unspecified atom stereocenters. The third kappa shape index (κ3) is 10.0. The number of aliphatic hydroxyl groups is 1. The molecule has 4 nitrogen and oxygen atoms in total. The highest BCUT2D eigenvalue weighted by Gasteiger charge is 2.10. The Labute approximate surface area is 101 Å². The SMILES string of the molecule is C=CCSCCNCC(O)CC(=O)OCC. The van der Waals surface area contributed by atoms with Crippen molar-refractivity contribution in [1.29, 1.82) is 0 Å². The van der Waals surface area contributed by atoms with Crippen LogP contribution < -0.4 is 5.32 Å². The van der Waals surface area contributed by atoms with Crippen LogP contribution in [-0.4, -0.2) is 48.4 Å². The topological polar surface area (TPSA) is 58.6 Å². The van der Waals surface area contributed by atoms with Crippen LogP contribution in [0.5, 0.6) is 0 Å².